The Labute approximate surface area is 168 Å². The third-order valence-corrected chi connectivity index (χ3v) is 5.10. The Bertz CT molecular complexity index is 782. The fourth-order valence-corrected chi connectivity index (χ4v) is 3.54. The molecule has 9 nitrogen and oxygen atoms in total. The number of piperazine rings is 1. The van der Waals surface area contributed by atoms with E-state index in [1.165, 1.54) is 17.9 Å². The van der Waals surface area contributed by atoms with Gasteiger partial charge in [-0.15, -0.1) is 0 Å². The number of ether oxygens (including phenoxy) is 1. The van der Waals surface area contributed by atoms with Gasteiger partial charge in [0.2, 0.25) is 11.8 Å². The predicted molar refractivity (Wildman–Crippen MR) is 105 cm³/mol. The molecule has 0 aliphatic carbocycles. The third-order valence-electron chi connectivity index (χ3n) is 5.10. The van der Waals surface area contributed by atoms with Crippen LogP contribution in [0, 0.1) is 5.82 Å². The number of rotatable bonds is 6. The first-order valence-corrected chi connectivity index (χ1v) is 9.64. The van der Waals surface area contributed by atoms with E-state index in [-0.39, 0.29) is 24.5 Å². The Morgan fingerprint density at radius 3 is 2.62 bits per heavy atom. The molecule has 10 heteroatoms. The zero-order chi connectivity index (χ0) is 21.0. The van der Waals surface area contributed by atoms with Gasteiger partial charge in [-0.25, -0.2) is 9.18 Å². The highest BCUT2D eigenvalue weighted by molar-refractivity contribution is 5.90. The minimum Gasteiger partial charge on any atom is -0.444 e. The van der Waals surface area contributed by atoms with Crippen LogP contribution in [0.3, 0.4) is 0 Å². The molecule has 0 radical (unpaired) electrons. The molecule has 1 atom stereocenters. The Kier molecular flexibility index (Phi) is 6.53. The third kappa shape index (κ3) is 4.94. The van der Waals surface area contributed by atoms with Gasteiger partial charge in [0.25, 0.3) is 0 Å². The maximum atomic E-state index is 14.8. The lowest BCUT2D eigenvalue weighted by Crippen LogP contribution is -2.50. The quantitative estimate of drug-likeness (QED) is 0.702. The van der Waals surface area contributed by atoms with E-state index < -0.39 is 11.9 Å². The number of hydrogen-bond donors (Lipinski definition) is 2. The van der Waals surface area contributed by atoms with Crippen molar-refractivity contribution in [2.75, 3.05) is 55.6 Å². The van der Waals surface area contributed by atoms with Gasteiger partial charge < -0.3 is 25.6 Å². The van der Waals surface area contributed by atoms with Crippen molar-refractivity contribution in [1.29, 1.82) is 0 Å². The fraction of sp³-hybridized carbons (Fsp3) is 0.526. The van der Waals surface area contributed by atoms with Crippen molar-refractivity contribution in [3.05, 3.63) is 24.0 Å². The summed E-state index contributed by atoms with van der Waals surface area (Å²) in [5.41, 5.74) is 6.24. The highest BCUT2D eigenvalue weighted by atomic mass is 19.1. The van der Waals surface area contributed by atoms with Gasteiger partial charge in [0.1, 0.15) is 11.9 Å². The molecule has 2 aliphatic heterocycles. The Morgan fingerprint density at radius 2 is 2.00 bits per heavy atom. The molecular weight excluding hydrogens is 381 g/mol. The fourth-order valence-electron chi connectivity index (χ4n) is 3.54. The van der Waals surface area contributed by atoms with Crippen molar-refractivity contribution in [1.82, 2.24) is 10.2 Å². The van der Waals surface area contributed by atoms with E-state index in [0.717, 1.165) is 0 Å². The van der Waals surface area contributed by atoms with Crippen LogP contribution in [0.25, 0.3) is 0 Å². The highest BCUT2D eigenvalue weighted by Crippen LogP contribution is 2.29. The largest absolute Gasteiger partial charge is 0.444 e. The number of benzene rings is 1. The second kappa shape index (κ2) is 9.08. The molecule has 1 aromatic carbocycles. The summed E-state index contributed by atoms with van der Waals surface area (Å²) in [5.74, 6) is -0.686. The summed E-state index contributed by atoms with van der Waals surface area (Å²) >= 11 is 0. The molecular formula is C19H26FN5O4. The van der Waals surface area contributed by atoms with E-state index in [0.29, 0.717) is 57.1 Å². The SMILES string of the molecule is CC(=O)NCC[C@H]1CN(c2ccc(N3CCN(C(=O)CN)CC3)c(F)c2)C(=O)O1. The average molecular weight is 407 g/mol. The Hall–Kier alpha value is -2.88. The van der Waals surface area contributed by atoms with Crippen LogP contribution in [0.15, 0.2) is 18.2 Å². The van der Waals surface area contributed by atoms with E-state index in [4.69, 9.17) is 10.5 Å². The Balaban J connectivity index is 1.60. The molecule has 3 amide bonds. The molecule has 29 heavy (non-hydrogen) atoms. The minimum atomic E-state index is -0.529. The van der Waals surface area contributed by atoms with Crippen molar-refractivity contribution < 1.29 is 23.5 Å². The molecule has 2 fully saturated rings. The monoisotopic (exact) mass is 407 g/mol. The van der Waals surface area contributed by atoms with Crippen molar-refractivity contribution in [3.63, 3.8) is 0 Å². The van der Waals surface area contributed by atoms with Crippen molar-refractivity contribution in [2.24, 2.45) is 5.73 Å². The van der Waals surface area contributed by atoms with Crippen LogP contribution < -0.4 is 20.9 Å². The van der Waals surface area contributed by atoms with Gasteiger partial charge in [-0.3, -0.25) is 14.5 Å². The smallest absolute Gasteiger partial charge is 0.414 e. The van der Waals surface area contributed by atoms with Crippen LogP contribution in [-0.2, 0) is 14.3 Å². The summed E-state index contributed by atoms with van der Waals surface area (Å²) in [4.78, 5) is 39.7. The molecule has 1 aromatic rings. The van der Waals surface area contributed by atoms with Crippen LogP contribution >= 0.6 is 0 Å². The van der Waals surface area contributed by atoms with Crippen LogP contribution in [0.5, 0.6) is 0 Å². The highest BCUT2D eigenvalue weighted by Gasteiger charge is 2.32. The molecule has 0 saturated carbocycles. The molecule has 0 aromatic heterocycles. The van der Waals surface area contributed by atoms with E-state index >= 15 is 0 Å². The summed E-state index contributed by atoms with van der Waals surface area (Å²) in [5, 5.41) is 2.66. The van der Waals surface area contributed by atoms with Crippen LogP contribution in [0.1, 0.15) is 13.3 Å². The van der Waals surface area contributed by atoms with E-state index in [2.05, 4.69) is 5.32 Å². The lowest BCUT2D eigenvalue weighted by atomic mass is 10.2. The number of amides is 3. The van der Waals surface area contributed by atoms with E-state index in [9.17, 15) is 18.8 Å². The molecule has 3 rings (SSSR count). The van der Waals surface area contributed by atoms with Gasteiger partial charge in [0.15, 0.2) is 0 Å². The molecule has 2 heterocycles. The first-order chi connectivity index (χ1) is 13.9. The van der Waals surface area contributed by atoms with Gasteiger partial charge >= 0.3 is 6.09 Å². The van der Waals surface area contributed by atoms with Crippen LogP contribution in [-0.4, -0.2) is 74.7 Å². The van der Waals surface area contributed by atoms with Gasteiger partial charge in [-0.1, -0.05) is 0 Å². The van der Waals surface area contributed by atoms with Gasteiger partial charge in [-0.2, -0.15) is 0 Å². The van der Waals surface area contributed by atoms with Gasteiger partial charge in [0.05, 0.1) is 24.5 Å². The van der Waals surface area contributed by atoms with Crippen molar-refractivity contribution in [3.8, 4) is 0 Å². The molecule has 0 bridgehead atoms. The van der Waals surface area contributed by atoms with E-state index in [1.807, 2.05) is 4.90 Å². The standard InChI is InChI=1S/C19H26FN5O4/c1-13(26)22-5-4-15-12-25(19(28)29-15)14-2-3-17(16(20)10-14)23-6-8-24(9-7-23)18(27)11-21/h2-3,10,15H,4-9,11-12,21H2,1H3,(H,22,26)/t15-/m0/s1. The number of nitrogens with two attached hydrogens (primary N) is 1. The second-order valence-corrected chi connectivity index (χ2v) is 7.10. The first kappa shape index (κ1) is 20.8. The lowest BCUT2D eigenvalue weighted by Gasteiger charge is -2.36. The number of hydrogen-bond acceptors (Lipinski definition) is 6. The molecule has 0 unspecified atom stereocenters. The number of carbonyl (C=O) groups is 3. The molecule has 3 N–H and O–H groups in total. The van der Waals surface area contributed by atoms with E-state index in [1.54, 1.807) is 17.0 Å². The minimum absolute atomic E-state index is 0.0270. The zero-order valence-electron chi connectivity index (χ0n) is 16.4. The number of nitrogens with one attached hydrogen (secondary N) is 1. The maximum Gasteiger partial charge on any atom is 0.414 e. The number of halogens is 1. The number of carbonyl (C=O) groups excluding carboxylic acids is 3. The molecule has 2 aliphatic rings. The summed E-state index contributed by atoms with van der Waals surface area (Å²) in [6.45, 7) is 4.12. The van der Waals surface area contributed by atoms with Gasteiger partial charge in [0, 0.05) is 46.1 Å². The number of cyclic esters (lactones) is 1. The summed E-state index contributed by atoms with van der Waals surface area (Å²) in [6.07, 6.45) is -0.391. The molecule has 0 spiro atoms. The summed E-state index contributed by atoms with van der Waals surface area (Å²) < 4.78 is 20.1. The maximum absolute atomic E-state index is 14.8. The zero-order valence-corrected chi connectivity index (χ0v) is 16.4. The Morgan fingerprint density at radius 1 is 1.28 bits per heavy atom. The summed E-state index contributed by atoms with van der Waals surface area (Å²) in [6, 6.07) is 4.65. The predicted octanol–water partition coefficient (Wildman–Crippen LogP) is 0.284. The van der Waals surface area contributed by atoms with Crippen LogP contribution in [0.4, 0.5) is 20.6 Å². The second-order valence-electron chi connectivity index (χ2n) is 7.10. The number of anilines is 2. The molecule has 2 saturated heterocycles. The summed E-state index contributed by atoms with van der Waals surface area (Å²) in [7, 11) is 0. The van der Waals surface area contributed by atoms with Crippen molar-refractivity contribution in [2.45, 2.75) is 19.4 Å². The lowest BCUT2D eigenvalue weighted by molar-refractivity contribution is -0.130. The van der Waals surface area contributed by atoms with Gasteiger partial charge in [-0.05, 0) is 18.2 Å². The normalized spacial score (nSPS) is 19.3. The molecule has 158 valence electrons. The number of nitrogens with zero attached hydrogens (tertiary/aromatic N) is 3. The first-order valence-electron chi connectivity index (χ1n) is 9.64. The average Bonchev–Trinajstić information content (AvgIpc) is 3.07. The topological polar surface area (TPSA) is 108 Å². The van der Waals surface area contributed by atoms with Crippen LogP contribution in [0.2, 0.25) is 0 Å². The van der Waals surface area contributed by atoms with Crippen molar-refractivity contribution >= 4 is 29.3 Å².